The number of rotatable bonds is 3. The highest BCUT2D eigenvalue weighted by Crippen LogP contribution is 2.57. The van der Waals surface area contributed by atoms with Crippen molar-refractivity contribution >= 4 is 17.8 Å². The number of nitrogens with one attached hydrogen (secondary N) is 1. The summed E-state index contributed by atoms with van der Waals surface area (Å²) in [5, 5.41) is 13.0. The van der Waals surface area contributed by atoms with E-state index in [-0.39, 0.29) is 11.7 Å². The lowest BCUT2D eigenvalue weighted by molar-refractivity contribution is -0.159. The van der Waals surface area contributed by atoms with Gasteiger partial charge in [-0.15, -0.1) is 0 Å². The van der Waals surface area contributed by atoms with Crippen molar-refractivity contribution in [3.05, 3.63) is 41.5 Å². The van der Waals surface area contributed by atoms with Crippen LogP contribution in [0.15, 0.2) is 30.3 Å². The second-order valence-electron chi connectivity index (χ2n) is 7.38. The van der Waals surface area contributed by atoms with Crippen molar-refractivity contribution in [1.29, 1.82) is 0 Å². The molecule has 3 aliphatic heterocycles. The van der Waals surface area contributed by atoms with E-state index < -0.39 is 42.3 Å². The summed E-state index contributed by atoms with van der Waals surface area (Å²) in [4.78, 5) is 24.1. The second-order valence-corrected chi connectivity index (χ2v) is 7.38. The predicted octanol–water partition coefficient (Wildman–Crippen LogP) is 0.0880. The van der Waals surface area contributed by atoms with Crippen molar-refractivity contribution in [2.45, 2.75) is 55.7 Å². The summed E-state index contributed by atoms with van der Waals surface area (Å²) in [6, 6.07) is 7.22. The number of hydrogen-bond acceptors (Lipinski definition) is 6. The Bertz CT molecular complexity index is 783. The van der Waals surface area contributed by atoms with Gasteiger partial charge < -0.3 is 24.6 Å². The van der Waals surface area contributed by atoms with E-state index in [4.69, 9.17) is 14.2 Å². The number of ether oxygens (including phenoxy) is 3. The molecule has 0 bridgehead atoms. The highest BCUT2D eigenvalue weighted by atomic mass is 16.7. The van der Waals surface area contributed by atoms with Gasteiger partial charge in [-0.2, -0.15) is 0 Å². The molecule has 1 aromatic carbocycles. The maximum atomic E-state index is 12.2. The number of epoxide rings is 2. The fourth-order valence-corrected chi connectivity index (χ4v) is 4.09. The molecule has 1 spiro atoms. The van der Waals surface area contributed by atoms with E-state index in [2.05, 4.69) is 5.32 Å². The van der Waals surface area contributed by atoms with Crippen LogP contribution >= 0.6 is 0 Å². The third-order valence-corrected chi connectivity index (χ3v) is 5.56. The molecule has 26 heavy (non-hydrogen) atoms. The zero-order chi connectivity index (χ0) is 18.1. The number of aliphatic hydroxyl groups is 1. The molecule has 2 N–H and O–H groups in total. The van der Waals surface area contributed by atoms with Crippen LogP contribution in [0.3, 0.4) is 0 Å². The molecule has 136 valence electrons. The third-order valence-electron chi connectivity index (χ3n) is 5.56. The lowest BCUT2D eigenvalue weighted by Gasteiger charge is -2.26. The zero-order valence-corrected chi connectivity index (χ0v) is 14.1. The monoisotopic (exact) mass is 357 g/mol. The Labute approximate surface area is 149 Å². The van der Waals surface area contributed by atoms with Gasteiger partial charge in [0.05, 0.1) is 6.04 Å². The minimum atomic E-state index is -1.16. The molecule has 5 rings (SSSR count). The van der Waals surface area contributed by atoms with Gasteiger partial charge >= 0.3 is 0 Å². The highest BCUT2D eigenvalue weighted by molar-refractivity contribution is 5.95. The first kappa shape index (κ1) is 16.1. The first-order valence-corrected chi connectivity index (χ1v) is 8.74. The van der Waals surface area contributed by atoms with Crippen molar-refractivity contribution in [3.63, 3.8) is 0 Å². The molecule has 7 nitrogen and oxygen atoms in total. The smallest absolute Gasteiger partial charge is 0.244 e. The number of Topliss-reactive ketones (excluding diaryl/α,β-unsaturated/α-hetero) is 1. The van der Waals surface area contributed by atoms with Gasteiger partial charge in [0, 0.05) is 12.5 Å². The number of aryl methyl sites for hydroxylation is 1. The summed E-state index contributed by atoms with van der Waals surface area (Å²) in [5.41, 5.74) is 1.22. The summed E-state index contributed by atoms with van der Waals surface area (Å²) in [6.45, 7) is 2.00. The normalized spacial score (nSPS) is 42.6. The standard InChI is InChI=1S/C19H19NO6/c1-9-2-4-10(5-3-9)6-7-12(21)20-11-8-19(26-18(11)23)16-14(24-16)13(22)15-17(19)25-15/h2-7,11,14-18,23H,8H2,1H3,(H,20,21)/b7-6+/t11-,14-,15+,16-,17+,18?,19?/m0/s1. The van der Waals surface area contributed by atoms with Gasteiger partial charge in [-0.1, -0.05) is 29.8 Å². The van der Waals surface area contributed by atoms with Crippen LogP contribution in [-0.4, -0.2) is 59.1 Å². The van der Waals surface area contributed by atoms with E-state index in [1.54, 1.807) is 6.08 Å². The van der Waals surface area contributed by atoms with Crippen LogP contribution in [0.5, 0.6) is 0 Å². The summed E-state index contributed by atoms with van der Waals surface area (Å²) in [6.07, 6.45) is 0.565. The Kier molecular flexibility index (Phi) is 3.39. The number of benzene rings is 1. The molecular weight excluding hydrogens is 338 g/mol. The quantitative estimate of drug-likeness (QED) is 0.587. The SMILES string of the molecule is Cc1ccc(/C=C/C(=O)N[C@H]2CC3(OC2O)[C@@H]2O[C@@H]2C(=O)[C@@H]2O[C@@H]23)cc1. The molecule has 1 aromatic rings. The minimum Gasteiger partial charge on any atom is -0.366 e. The van der Waals surface area contributed by atoms with Gasteiger partial charge in [0.1, 0.15) is 30.0 Å². The van der Waals surface area contributed by atoms with E-state index >= 15 is 0 Å². The number of fused-ring (bicyclic) bond motifs is 4. The molecule has 3 saturated heterocycles. The zero-order valence-electron chi connectivity index (χ0n) is 14.1. The number of carbonyl (C=O) groups is 2. The van der Waals surface area contributed by atoms with Gasteiger partial charge in [0.15, 0.2) is 12.1 Å². The largest absolute Gasteiger partial charge is 0.366 e. The average Bonchev–Trinajstić information content (AvgIpc) is 3.51. The molecule has 1 amide bonds. The van der Waals surface area contributed by atoms with Crippen molar-refractivity contribution in [2.75, 3.05) is 0 Å². The molecule has 1 saturated carbocycles. The third kappa shape index (κ3) is 2.43. The molecule has 1 aliphatic carbocycles. The van der Waals surface area contributed by atoms with Crippen molar-refractivity contribution in [1.82, 2.24) is 5.32 Å². The molecule has 7 heteroatoms. The second kappa shape index (κ2) is 5.47. The van der Waals surface area contributed by atoms with Gasteiger partial charge in [0.2, 0.25) is 5.91 Å². The fraction of sp³-hybridized carbons (Fsp3) is 0.474. The molecule has 0 radical (unpaired) electrons. The van der Waals surface area contributed by atoms with Crippen molar-refractivity contribution in [3.8, 4) is 0 Å². The van der Waals surface area contributed by atoms with Gasteiger partial charge in [0.25, 0.3) is 0 Å². The van der Waals surface area contributed by atoms with Gasteiger partial charge in [-0.3, -0.25) is 9.59 Å². The van der Waals surface area contributed by atoms with Crippen LogP contribution in [-0.2, 0) is 23.8 Å². The van der Waals surface area contributed by atoms with E-state index in [0.29, 0.717) is 6.42 Å². The van der Waals surface area contributed by atoms with Crippen LogP contribution in [0, 0.1) is 6.92 Å². The van der Waals surface area contributed by atoms with Crippen LogP contribution in [0.25, 0.3) is 6.08 Å². The van der Waals surface area contributed by atoms with Crippen LogP contribution in [0.2, 0.25) is 0 Å². The summed E-state index contributed by atoms with van der Waals surface area (Å²) in [5.74, 6) is -0.360. The van der Waals surface area contributed by atoms with Gasteiger partial charge in [-0.25, -0.2) is 0 Å². The Morgan fingerprint density at radius 3 is 2.54 bits per heavy atom. The highest BCUT2D eigenvalue weighted by Gasteiger charge is 2.79. The Balaban J connectivity index is 1.25. The van der Waals surface area contributed by atoms with Gasteiger partial charge in [-0.05, 0) is 18.6 Å². The minimum absolute atomic E-state index is 0.0442. The van der Waals surface area contributed by atoms with Crippen molar-refractivity contribution < 1.29 is 28.9 Å². The lowest BCUT2D eigenvalue weighted by atomic mass is 9.81. The van der Waals surface area contributed by atoms with E-state index in [1.165, 1.54) is 6.08 Å². The maximum absolute atomic E-state index is 12.2. The molecule has 7 atom stereocenters. The van der Waals surface area contributed by atoms with E-state index in [0.717, 1.165) is 11.1 Å². The Hall–Kier alpha value is -2.06. The summed E-state index contributed by atoms with van der Waals surface area (Å²) in [7, 11) is 0. The fourth-order valence-electron chi connectivity index (χ4n) is 4.09. The first-order chi connectivity index (χ1) is 12.5. The molecule has 2 unspecified atom stereocenters. The summed E-state index contributed by atoms with van der Waals surface area (Å²) < 4.78 is 16.7. The Morgan fingerprint density at radius 2 is 1.88 bits per heavy atom. The summed E-state index contributed by atoms with van der Waals surface area (Å²) >= 11 is 0. The molecule has 4 aliphatic rings. The maximum Gasteiger partial charge on any atom is 0.244 e. The van der Waals surface area contributed by atoms with Crippen LogP contribution in [0.4, 0.5) is 0 Å². The number of amides is 1. The first-order valence-electron chi connectivity index (χ1n) is 8.74. The Morgan fingerprint density at radius 1 is 1.23 bits per heavy atom. The molecule has 3 heterocycles. The molecule has 4 fully saturated rings. The number of carbonyl (C=O) groups excluding carboxylic acids is 2. The number of ketones is 1. The number of hydrogen-bond donors (Lipinski definition) is 2. The topological polar surface area (TPSA) is 101 Å². The molecular formula is C19H19NO6. The molecule has 0 aromatic heterocycles. The lowest BCUT2D eigenvalue weighted by Crippen LogP contribution is -2.49. The van der Waals surface area contributed by atoms with E-state index in [1.807, 2.05) is 31.2 Å². The van der Waals surface area contributed by atoms with Crippen molar-refractivity contribution in [2.24, 2.45) is 0 Å². The van der Waals surface area contributed by atoms with E-state index in [9.17, 15) is 14.7 Å². The predicted molar refractivity (Wildman–Crippen MR) is 88.9 cm³/mol. The average molecular weight is 357 g/mol. The van der Waals surface area contributed by atoms with Crippen LogP contribution in [0.1, 0.15) is 17.5 Å². The number of aliphatic hydroxyl groups excluding tert-OH is 1. The van der Waals surface area contributed by atoms with Crippen LogP contribution < -0.4 is 5.32 Å².